The Morgan fingerprint density at radius 1 is 1.05 bits per heavy atom. The third kappa shape index (κ3) is 8.87. The second-order valence-electron chi connectivity index (χ2n) is 15.0. The van der Waals surface area contributed by atoms with Crippen LogP contribution >= 0.6 is 11.3 Å². The van der Waals surface area contributed by atoms with E-state index in [1.165, 1.54) is 4.90 Å². The first-order chi connectivity index (χ1) is 27.5. The summed E-state index contributed by atoms with van der Waals surface area (Å²) in [5.41, 5.74) is 12.9. The second kappa shape index (κ2) is 17.3. The van der Waals surface area contributed by atoms with Gasteiger partial charge in [0.05, 0.1) is 39.6 Å². The van der Waals surface area contributed by atoms with E-state index in [0.717, 1.165) is 40.5 Å². The summed E-state index contributed by atoms with van der Waals surface area (Å²) in [5, 5.41) is 36.5. The minimum atomic E-state index is -0.833. The number of nitrogens with zero attached hydrogens (tertiary/aromatic N) is 7. The van der Waals surface area contributed by atoms with Crippen molar-refractivity contribution in [2.24, 2.45) is 5.92 Å². The summed E-state index contributed by atoms with van der Waals surface area (Å²) in [6.45, 7) is 11.7. The topological polar surface area (TPSA) is 196 Å². The average molecular weight is 796 g/mol. The molecule has 0 radical (unpaired) electrons. The number of para-hydroxylation sites is 1. The molecular formula is C41H49N9O6S. The van der Waals surface area contributed by atoms with Gasteiger partial charge in [-0.3, -0.25) is 14.5 Å². The van der Waals surface area contributed by atoms with Crippen LogP contribution in [0.4, 0.5) is 11.5 Å². The van der Waals surface area contributed by atoms with Crippen LogP contribution in [0.25, 0.3) is 21.7 Å². The molecule has 0 saturated carbocycles. The Morgan fingerprint density at radius 2 is 1.81 bits per heavy atom. The SMILES string of the molecule is Cc1ncsc1-c1ccc([C@H](C)NC(=O)[C@@H]2C[C@@H](O)CN2C(=O)[C@@H](c2cc(OCCN3CCN(c4cc(-c5ccccc5O)nnc4N)CC3)no2)C(C)C)cc1. The maximum Gasteiger partial charge on any atom is 0.254 e. The van der Waals surface area contributed by atoms with Crippen LogP contribution in [0.1, 0.15) is 56.2 Å². The van der Waals surface area contributed by atoms with Crippen molar-refractivity contribution >= 4 is 34.7 Å². The van der Waals surface area contributed by atoms with Gasteiger partial charge in [-0.1, -0.05) is 50.2 Å². The average Bonchev–Trinajstić information content (AvgIpc) is 3.95. The van der Waals surface area contributed by atoms with Gasteiger partial charge < -0.3 is 40.3 Å². The van der Waals surface area contributed by atoms with Gasteiger partial charge in [0.2, 0.25) is 11.8 Å². The highest BCUT2D eigenvalue weighted by Gasteiger charge is 2.43. The van der Waals surface area contributed by atoms with E-state index in [9.17, 15) is 19.8 Å². The molecule has 2 aliphatic rings. The van der Waals surface area contributed by atoms with Crippen molar-refractivity contribution < 1.29 is 29.1 Å². The Bertz CT molecular complexity index is 2170. The number of aryl methyl sites for hydroxylation is 1. The number of ether oxygens (including phenoxy) is 1. The quantitative estimate of drug-likeness (QED) is 0.129. The first-order valence-electron chi connectivity index (χ1n) is 19.2. The number of β-amino-alcohol motifs (C(OH)–C–C–N with tert-alkyl or cyclic N) is 1. The van der Waals surface area contributed by atoms with Gasteiger partial charge in [0.15, 0.2) is 11.6 Å². The van der Waals surface area contributed by atoms with E-state index < -0.39 is 18.1 Å². The highest BCUT2D eigenvalue weighted by atomic mass is 32.1. The van der Waals surface area contributed by atoms with Crippen molar-refractivity contribution in [3.05, 3.63) is 83.2 Å². The van der Waals surface area contributed by atoms with E-state index in [2.05, 4.69) is 35.5 Å². The fraction of sp³-hybridized carbons (Fsp3) is 0.415. The van der Waals surface area contributed by atoms with Crippen molar-refractivity contribution in [2.45, 2.75) is 58.2 Å². The number of nitrogens with one attached hydrogen (secondary N) is 1. The van der Waals surface area contributed by atoms with Crippen molar-refractivity contribution in [1.29, 1.82) is 0 Å². The number of nitrogen functional groups attached to an aromatic ring is 1. The number of likely N-dealkylation sites (tertiary alicyclic amines) is 1. The minimum absolute atomic E-state index is 0.0459. The van der Waals surface area contributed by atoms with Crippen LogP contribution in [0.5, 0.6) is 11.6 Å². The molecule has 5 N–H and O–H groups in total. The number of aliphatic hydroxyl groups is 1. The molecule has 0 unspecified atom stereocenters. The number of piperazine rings is 1. The number of aliphatic hydroxyl groups excluding tert-OH is 1. The summed E-state index contributed by atoms with van der Waals surface area (Å²) in [5.74, 6) is -0.467. The Kier molecular flexibility index (Phi) is 12.0. The molecule has 7 rings (SSSR count). The Hall–Kier alpha value is -5.58. The van der Waals surface area contributed by atoms with Crippen LogP contribution in [-0.4, -0.2) is 110 Å². The molecule has 57 heavy (non-hydrogen) atoms. The maximum absolute atomic E-state index is 14.1. The van der Waals surface area contributed by atoms with Gasteiger partial charge >= 0.3 is 0 Å². The number of phenols is 1. The maximum atomic E-state index is 14.1. The first kappa shape index (κ1) is 39.6. The van der Waals surface area contributed by atoms with Gasteiger partial charge in [-0.15, -0.1) is 21.5 Å². The summed E-state index contributed by atoms with van der Waals surface area (Å²) in [4.78, 5) is 39.1. The number of benzene rings is 2. The van der Waals surface area contributed by atoms with Crippen LogP contribution in [-0.2, 0) is 9.59 Å². The van der Waals surface area contributed by atoms with Gasteiger partial charge in [-0.05, 0) is 54.2 Å². The number of hydrogen-bond donors (Lipinski definition) is 4. The van der Waals surface area contributed by atoms with Crippen LogP contribution in [0, 0.1) is 12.8 Å². The van der Waals surface area contributed by atoms with Crippen LogP contribution in [0.3, 0.4) is 0 Å². The molecule has 3 aromatic heterocycles. The number of carbonyl (C=O) groups excluding carboxylic acids is 2. The predicted octanol–water partition coefficient (Wildman–Crippen LogP) is 4.63. The van der Waals surface area contributed by atoms with Crippen molar-refractivity contribution in [2.75, 3.05) is 56.5 Å². The predicted molar refractivity (Wildman–Crippen MR) is 217 cm³/mol. The molecule has 5 aromatic rings. The number of carbonyl (C=O) groups is 2. The lowest BCUT2D eigenvalue weighted by atomic mass is 9.91. The van der Waals surface area contributed by atoms with E-state index in [1.54, 1.807) is 35.6 Å². The zero-order chi connectivity index (χ0) is 40.2. The van der Waals surface area contributed by atoms with Crippen LogP contribution in [0.15, 0.2) is 70.7 Å². The van der Waals surface area contributed by atoms with E-state index in [-0.39, 0.29) is 48.4 Å². The molecule has 4 atom stereocenters. The zero-order valence-electron chi connectivity index (χ0n) is 32.5. The Labute approximate surface area is 335 Å². The summed E-state index contributed by atoms with van der Waals surface area (Å²) in [6.07, 6.45) is -0.686. The monoisotopic (exact) mass is 795 g/mol. The number of nitrogens with two attached hydrogens (primary N) is 1. The first-order valence-corrected chi connectivity index (χ1v) is 20.1. The second-order valence-corrected chi connectivity index (χ2v) is 15.9. The Balaban J connectivity index is 0.918. The molecule has 2 aliphatic heterocycles. The molecule has 5 heterocycles. The van der Waals surface area contributed by atoms with Gasteiger partial charge in [-0.2, -0.15) is 0 Å². The van der Waals surface area contributed by atoms with E-state index in [4.69, 9.17) is 15.0 Å². The largest absolute Gasteiger partial charge is 0.507 e. The number of amides is 2. The third-order valence-electron chi connectivity index (χ3n) is 10.7. The molecule has 300 valence electrons. The summed E-state index contributed by atoms with van der Waals surface area (Å²) >= 11 is 1.59. The van der Waals surface area contributed by atoms with E-state index in [0.29, 0.717) is 49.1 Å². The lowest BCUT2D eigenvalue weighted by molar-refractivity contribution is -0.141. The lowest BCUT2D eigenvalue weighted by Crippen LogP contribution is -2.48. The number of aromatic nitrogens is 4. The number of hydrogen-bond acceptors (Lipinski definition) is 14. The molecule has 0 aliphatic carbocycles. The van der Waals surface area contributed by atoms with Gasteiger partial charge in [0, 0.05) is 57.3 Å². The molecule has 2 aromatic carbocycles. The van der Waals surface area contributed by atoms with E-state index in [1.807, 2.05) is 69.6 Å². The lowest BCUT2D eigenvalue weighted by Gasteiger charge is -2.36. The standard InChI is InChI=1S/C41H49N9O6S/c1-24(2)37(41(54)50-22-29(51)19-33(50)40(53)44-25(3)27-9-11-28(12-10-27)38-26(4)43-23-57-38)35-21-36(47-56-35)55-18-17-48-13-15-49(16-14-48)32-20-31(45-46-39(32)42)30-7-5-6-8-34(30)52/h5-12,20-21,23-25,29,33,37,51-52H,13-19,22H2,1-4H3,(H2,42,46)(H,44,53)/t25-,29+,33-,37+/m0/s1. The third-order valence-corrected chi connectivity index (χ3v) is 11.7. The minimum Gasteiger partial charge on any atom is -0.507 e. The molecule has 15 nitrogen and oxygen atoms in total. The van der Waals surface area contributed by atoms with Crippen molar-refractivity contribution in [3.63, 3.8) is 0 Å². The normalized spacial score (nSPS) is 18.5. The molecule has 2 fully saturated rings. The number of thiazole rings is 1. The zero-order valence-corrected chi connectivity index (χ0v) is 33.4. The summed E-state index contributed by atoms with van der Waals surface area (Å²) in [7, 11) is 0. The fourth-order valence-electron chi connectivity index (χ4n) is 7.56. The number of anilines is 2. The molecule has 0 bridgehead atoms. The van der Waals surface area contributed by atoms with Crippen LogP contribution < -0.4 is 20.7 Å². The molecule has 16 heteroatoms. The van der Waals surface area contributed by atoms with Gasteiger partial charge in [0.1, 0.15) is 24.3 Å². The smallest absolute Gasteiger partial charge is 0.254 e. The fourth-order valence-corrected chi connectivity index (χ4v) is 8.37. The highest BCUT2D eigenvalue weighted by molar-refractivity contribution is 7.13. The number of phenolic OH excluding ortho intramolecular Hbond substituents is 1. The van der Waals surface area contributed by atoms with Crippen LogP contribution in [0.2, 0.25) is 0 Å². The van der Waals surface area contributed by atoms with E-state index >= 15 is 0 Å². The number of rotatable bonds is 13. The van der Waals surface area contributed by atoms with Gasteiger partial charge in [-0.25, -0.2) is 4.98 Å². The molecule has 2 saturated heterocycles. The van der Waals surface area contributed by atoms with Crippen molar-refractivity contribution in [1.82, 2.24) is 35.5 Å². The number of aromatic hydroxyl groups is 1. The molecular weight excluding hydrogens is 747 g/mol. The highest BCUT2D eigenvalue weighted by Crippen LogP contribution is 2.34. The van der Waals surface area contributed by atoms with Gasteiger partial charge in [0.25, 0.3) is 5.88 Å². The summed E-state index contributed by atoms with van der Waals surface area (Å²) < 4.78 is 11.6. The summed E-state index contributed by atoms with van der Waals surface area (Å²) in [6, 6.07) is 17.4. The molecule has 2 amide bonds. The molecule has 0 spiro atoms. The van der Waals surface area contributed by atoms with Crippen molar-refractivity contribution in [3.8, 4) is 33.3 Å². The Morgan fingerprint density at radius 3 is 2.51 bits per heavy atom.